The van der Waals surface area contributed by atoms with Crippen LogP contribution in [0.2, 0.25) is 0 Å². The molecule has 0 aliphatic carbocycles. The van der Waals surface area contributed by atoms with Gasteiger partial charge in [-0.2, -0.15) is 5.10 Å². The highest BCUT2D eigenvalue weighted by atomic mass is 32.2. The number of H-pyrrole nitrogens is 1. The van der Waals surface area contributed by atoms with Crippen molar-refractivity contribution in [1.82, 2.24) is 15.2 Å². The number of carbonyl (C=O) groups excluding carboxylic acids is 1. The number of nitrogens with one attached hydrogen (secondary N) is 2. The highest BCUT2D eigenvalue weighted by Crippen LogP contribution is 2.34. The molecule has 2 heterocycles. The molecule has 6 aromatic rings. The molecule has 7 heteroatoms. The highest BCUT2D eigenvalue weighted by Gasteiger charge is 2.14. The molecule has 1 amide bonds. The molecule has 0 aliphatic heterocycles. The van der Waals surface area contributed by atoms with E-state index < -0.39 is 0 Å². The van der Waals surface area contributed by atoms with Gasteiger partial charge < -0.3 is 10.4 Å². The molecule has 0 fully saturated rings. The summed E-state index contributed by atoms with van der Waals surface area (Å²) in [5, 5.41) is 23.1. The number of rotatable bonds is 6. The first kappa shape index (κ1) is 23.5. The molecule has 0 spiro atoms. The van der Waals surface area contributed by atoms with Crippen LogP contribution in [0.1, 0.15) is 21.7 Å². The number of hydrogen-bond donors (Lipinski definition) is 3. The Hall–Kier alpha value is -4.88. The number of carbonyl (C=O) groups is 1. The van der Waals surface area contributed by atoms with Crippen molar-refractivity contribution in [3.63, 3.8) is 0 Å². The van der Waals surface area contributed by atoms with E-state index in [-0.39, 0.29) is 11.7 Å². The third-order valence-corrected chi connectivity index (χ3v) is 7.20. The number of aromatic hydroxyl groups is 1. The molecular weight excluding hydrogens is 492 g/mol. The largest absolute Gasteiger partial charge is 0.508 e. The first-order valence-electron chi connectivity index (χ1n) is 12.0. The van der Waals surface area contributed by atoms with E-state index in [1.165, 1.54) is 11.8 Å². The van der Waals surface area contributed by atoms with Crippen LogP contribution in [0.4, 0.5) is 5.69 Å². The van der Waals surface area contributed by atoms with Gasteiger partial charge >= 0.3 is 0 Å². The van der Waals surface area contributed by atoms with Gasteiger partial charge in [0.25, 0.3) is 5.91 Å². The zero-order valence-electron chi connectivity index (χ0n) is 20.1. The van der Waals surface area contributed by atoms with Gasteiger partial charge in [-0.05, 0) is 84.3 Å². The smallest absolute Gasteiger partial charge is 0.256 e. The maximum Gasteiger partial charge on any atom is 0.256 e. The first-order valence-corrected chi connectivity index (χ1v) is 12.8. The van der Waals surface area contributed by atoms with Gasteiger partial charge in [-0.15, -0.1) is 0 Å². The molecule has 0 bridgehead atoms. The molecule has 0 unspecified atom stereocenters. The van der Waals surface area contributed by atoms with Crippen molar-refractivity contribution in [2.75, 3.05) is 5.32 Å². The number of aromatic nitrogens is 3. The number of phenolic OH excluding ortho intramolecular Hbond substituents is 1. The van der Waals surface area contributed by atoms with Crippen LogP contribution in [0.3, 0.4) is 0 Å². The summed E-state index contributed by atoms with van der Waals surface area (Å²) in [6, 6.07) is 30.2. The summed E-state index contributed by atoms with van der Waals surface area (Å²) in [5.41, 5.74) is 3.89. The van der Waals surface area contributed by atoms with E-state index in [4.69, 9.17) is 0 Å². The first-order chi connectivity index (χ1) is 18.6. The fraction of sp³-hybridized carbons (Fsp3) is 0. The van der Waals surface area contributed by atoms with Gasteiger partial charge in [-0.1, -0.05) is 42.1 Å². The third kappa shape index (κ3) is 4.87. The maximum atomic E-state index is 13.3. The lowest BCUT2D eigenvalue weighted by Gasteiger charge is -2.12. The van der Waals surface area contributed by atoms with E-state index >= 15 is 0 Å². The molecule has 0 saturated carbocycles. The molecule has 0 atom stereocenters. The Morgan fingerprint density at radius 2 is 1.74 bits per heavy atom. The summed E-state index contributed by atoms with van der Waals surface area (Å²) in [4.78, 5) is 19.5. The molecule has 38 heavy (non-hydrogen) atoms. The highest BCUT2D eigenvalue weighted by molar-refractivity contribution is 7.99. The number of amides is 1. The van der Waals surface area contributed by atoms with Crippen molar-refractivity contribution in [2.45, 2.75) is 9.79 Å². The van der Waals surface area contributed by atoms with Crippen LogP contribution in [0, 0.1) is 0 Å². The monoisotopic (exact) mass is 514 g/mol. The van der Waals surface area contributed by atoms with Crippen molar-refractivity contribution in [1.29, 1.82) is 0 Å². The topological polar surface area (TPSA) is 90.9 Å². The van der Waals surface area contributed by atoms with Gasteiger partial charge in [0.15, 0.2) is 0 Å². The van der Waals surface area contributed by atoms with E-state index in [0.29, 0.717) is 11.3 Å². The minimum atomic E-state index is -0.196. The number of benzene rings is 4. The minimum Gasteiger partial charge on any atom is -0.508 e. The summed E-state index contributed by atoms with van der Waals surface area (Å²) in [7, 11) is 0. The van der Waals surface area contributed by atoms with E-state index in [1.54, 1.807) is 24.4 Å². The molecular formula is C31H22N4O2S. The van der Waals surface area contributed by atoms with Gasteiger partial charge in [0.05, 0.1) is 22.5 Å². The van der Waals surface area contributed by atoms with E-state index in [0.717, 1.165) is 42.9 Å². The standard InChI is InChI=1S/C31H22N4O2S/c36-22-12-14-24-20(18-22)6-5-9-27(24)33-31(37)26-8-1-2-10-30(26)38-23-13-15-25-28(34-35-29(25)19-23)16-11-21-7-3-4-17-32-21/h1-19,36H,(H,33,37)(H,34,35)/b16-11+. The second-order valence-corrected chi connectivity index (χ2v) is 9.78. The van der Waals surface area contributed by atoms with Crippen LogP contribution in [-0.2, 0) is 0 Å². The Kier molecular flexibility index (Phi) is 6.34. The molecule has 6 rings (SSSR count). The number of pyridine rings is 1. The van der Waals surface area contributed by atoms with Crippen LogP contribution >= 0.6 is 11.8 Å². The second-order valence-electron chi connectivity index (χ2n) is 8.67. The number of phenols is 1. The van der Waals surface area contributed by atoms with E-state index in [9.17, 15) is 9.90 Å². The second kappa shape index (κ2) is 10.2. The van der Waals surface area contributed by atoms with Crippen LogP contribution in [0.5, 0.6) is 5.75 Å². The summed E-state index contributed by atoms with van der Waals surface area (Å²) in [6.45, 7) is 0. The predicted molar refractivity (Wildman–Crippen MR) is 153 cm³/mol. The summed E-state index contributed by atoms with van der Waals surface area (Å²) in [6.07, 6.45) is 5.64. The Morgan fingerprint density at radius 1 is 0.868 bits per heavy atom. The number of nitrogens with zero attached hydrogens (tertiary/aromatic N) is 2. The maximum absolute atomic E-state index is 13.3. The lowest BCUT2D eigenvalue weighted by Crippen LogP contribution is -2.13. The number of fused-ring (bicyclic) bond motifs is 2. The SMILES string of the molecule is O=C(Nc1cccc2cc(O)ccc12)c1ccccc1Sc1ccc2c(/C=C/c3ccccn3)n[nH]c2c1. The van der Waals surface area contributed by atoms with Gasteiger partial charge in [-0.25, -0.2) is 0 Å². The molecule has 0 aliphatic rings. The lowest BCUT2D eigenvalue weighted by atomic mass is 10.1. The third-order valence-electron chi connectivity index (χ3n) is 6.14. The minimum absolute atomic E-state index is 0.188. The van der Waals surface area contributed by atoms with Crippen molar-refractivity contribution < 1.29 is 9.90 Å². The molecule has 0 saturated heterocycles. The molecule has 184 valence electrons. The quantitative estimate of drug-likeness (QED) is 0.216. The zero-order chi connectivity index (χ0) is 25.9. The fourth-order valence-electron chi connectivity index (χ4n) is 4.29. The van der Waals surface area contributed by atoms with E-state index in [1.807, 2.05) is 91.0 Å². The Bertz CT molecular complexity index is 1810. The normalized spacial score (nSPS) is 11.4. The zero-order valence-corrected chi connectivity index (χ0v) is 20.9. The van der Waals surface area contributed by atoms with Gasteiger partial charge in [-0.3, -0.25) is 14.9 Å². The Balaban J connectivity index is 1.24. The number of aromatic amines is 1. The number of anilines is 1. The molecule has 0 radical (unpaired) electrons. The van der Waals surface area contributed by atoms with Crippen molar-refractivity contribution in [3.8, 4) is 5.75 Å². The van der Waals surface area contributed by atoms with Crippen molar-refractivity contribution >= 4 is 57.2 Å². The van der Waals surface area contributed by atoms with Crippen LogP contribution in [0.15, 0.2) is 113 Å². The van der Waals surface area contributed by atoms with E-state index in [2.05, 4.69) is 20.5 Å². The van der Waals surface area contributed by atoms with Gasteiger partial charge in [0.1, 0.15) is 5.75 Å². The van der Waals surface area contributed by atoms with Crippen molar-refractivity contribution in [3.05, 3.63) is 120 Å². The van der Waals surface area contributed by atoms with Crippen LogP contribution < -0.4 is 5.32 Å². The Morgan fingerprint density at radius 3 is 2.63 bits per heavy atom. The Labute approximate surface area is 223 Å². The summed E-state index contributed by atoms with van der Waals surface area (Å²) in [5.74, 6) is -0.00783. The summed E-state index contributed by atoms with van der Waals surface area (Å²) >= 11 is 1.52. The fourth-order valence-corrected chi connectivity index (χ4v) is 5.27. The lowest BCUT2D eigenvalue weighted by molar-refractivity contribution is 0.102. The molecule has 4 aromatic carbocycles. The van der Waals surface area contributed by atoms with Crippen LogP contribution in [-0.4, -0.2) is 26.2 Å². The molecule has 6 nitrogen and oxygen atoms in total. The molecule has 3 N–H and O–H groups in total. The number of hydrogen-bond acceptors (Lipinski definition) is 5. The average molecular weight is 515 g/mol. The summed E-state index contributed by atoms with van der Waals surface area (Å²) < 4.78 is 0. The van der Waals surface area contributed by atoms with Crippen molar-refractivity contribution in [2.24, 2.45) is 0 Å². The van der Waals surface area contributed by atoms with Gasteiger partial charge in [0.2, 0.25) is 0 Å². The van der Waals surface area contributed by atoms with Gasteiger partial charge in [0, 0.05) is 32.4 Å². The average Bonchev–Trinajstić information content (AvgIpc) is 3.35. The predicted octanol–water partition coefficient (Wildman–Crippen LogP) is 7.39. The van der Waals surface area contributed by atoms with Crippen LogP contribution in [0.25, 0.3) is 33.8 Å². The molecule has 2 aromatic heterocycles.